The largest absolute Gasteiger partial charge is 0.510 e. The van der Waals surface area contributed by atoms with Crippen molar-refractivity contribution in [2.24, 2.45) is 7.05 Å². The van der Waals surface area contributed by atoms with Gasteiger partial charge in [-0.15, -0.1) is 0 Å². The zero-order valence-electron chi connectivity index (χ0n) is 23.9. The van der Waals surface area contributed by atoms with E-state index >= 15 is 0 Å². The van der Waals surface area contributed by atoms with Crippen LogP contribution in [-0.4, -0.2) is 62.3 Å². The fourth-order valence-corrected chi connectivity index (χ4v) is 5.16. The Labute approximate surface area is 242 Å². The SMILES string of the molecule is CCOC(=O)OC(C)n1c(-c2c(-c3ccc(C(=O)N[C@@H]4CCCN(c5ncccc5C)C4)cc3)cnn2C)noc1=O. The quantitative estimate of drug-likeness (QED) is 0.309. The highest BCUT2D eigenvalue weighted by Gasteiger charge is 2.27. The fourth-order valence-electron chi connectivity index (χ4n) is 5.16. The molecule has 1 aliphatic rings. The van der Waals surface area contributed by atoms with Crippen molar-refractivity contribution in [2.45, 2.75) is 45.9 Å². The molecule has 220 valence electrons. The molecule has 0 bridgehead atoms. The number of carbonyl (C=O) groups excluding carboxylic acids is 2. The molecule has 5 rings (SSSR count). The number of carbonyl (C=O) groups is 2. The molecule has 13 heteroatoms. The second-order valence-corrected chi connectivity index (χ2v) is 10.1. The highest BCUT2D eigenvalue weighted by Crippen LogP contribution is 2.32. The number of nitrogens with zero attached hydrogens (tertiary/aromatic N) is 6. The van der Waals surface area contributed by atoms with Crippen molar-refractivity contribution in [2.75, 3.05) is 24.6 Å². The Kier molecular flexibility index (Phi) is 8.36. The van der Waals surface area contributed by atoms with E-state index in [1.54, 1.807) is 55.3 Å². The van der Waals surface area contributed by atoms with E-state index < -0.39 is 18.1 Å². The first kappa shape index (κ1) is 28.6. The molecule has 3 aromatic heterocycles. The van der Waals surface area contributed by atoms with Gasteiger partial charge in [0.2, 0.25) is 5.82 Å². The molecule has 0 aliphatic carbocycles. The Morgan fingerprint density at radius 2 is 2.00 bits per heavy atom. The van der Waals surface area contributed by atoms with E-state index in [0.29, 0.717) is 23.4 Å². The molecule has 0 radical (unpaired) electrons. The number of hydrogen-bond acceptors (Lipinski definition) is 10. The van der Waals surface area contributed by atoms with Gasteiger partial charge < -0.3 is 19.7 Å². The number of amides is 1. The Morgan fingerprint density at radius 1 is 1.21 bits per heavy atom. The molecule has 13 nitrogen and oxygen atoms in total. The molecule has 1 aromatic carbocycles. The van der Waals surface area contributed by atoms with Crippen molar-refractivity contribution >= 4 is 17.9 Å². The third kappa shape index (κ3) is 5.90. The van der Waals surface area contributed by atoms with Crippen LogP contribution in [0.2, 0.25) is 0 Å². The van der Waals surface area contributed by atoms with Gasteiger partial charge in [0.15, 0.2) is 6.23 Å². The van der Waals surface area contributed by atoms with E-state index in [-0.39, 0.29) is 24.4 Å². The third-order valence-electron chi connectivity index (χ3n) is 7.17. The Morgan fingerprint density at radius 3 is 2.74 bits per heavy atom. The molecule has 1 aliphatic heterocycles. The average molecular weight is 576 g/mol. The number of ether oxygens (including phenoxy) is 2. The molecule has 0 saturated carbocycles. The molecule has 1 saturated heterocycles. The summed E-state index contributed by atoms with van der Waals surface area (Å²) in [6, 6.07) is 11.1. The maximum Gasteiger partial charge on any atom is 0.510 e. The van der Waals surface area contributed by atoms with E-state index in [2.05, 4.69) is 25.5 Å². The zero-order valence-corrected chi connectivity index (χ0v) is 23.9. The lowest BCUT2D eigenvalue weighted by molar-refractivity contribution is 0.00456. The molecule has 1 fully saturated rings. The van der Waals surface area contributed by atoms with Gasteiger partial charge in [-0.2, -0.15) is 5.10 Å². The highest BCUT2D eigenvalue weighted by molar-refractivity contribution is 5.95. The number of hydrogen-bond donors (Lipinski definition) is 1. The van der Waals surface area contributed by atoms with Gasteiger partial charge in [-0.05, 0) is 62.9 Å². The summed E-state index contributed by atoms with van der Waals surface area (Å²) in [5.41, 5.74) is 3.47. The van der Waals surface area contributed by atoms with Crippen LogP contribution in [-0.2, 0) is 16.5 Å². The van der Waals surface area contributed by atoms with Gasteiger partial charge in [0.25, 0.3) is 5.91 Å². The van der Waals surface area contributed by atoms with Gasteiger partial charge in [-0.1, -0.05) is 23.4 Å². The zero-order chi connectivity index (χ0) is 29.8. The molecule has 2 atom stereocenters. The molecule has 1 N–H and O–H groups in total. The van der Waals surface area contributed by atoms with Crippen LogP contribution in [0.15, 0.2) is 58.1 Å². The van der Waals surface area contributed by atoms with Crippen LogP contribution in [0.25, 0.3) is 22.6 Å². The first-order valence-corrected chi connectivity index (χ1v) is 13.8. The van der Waals surface area contributed by atoms with Crippen molar-refractivity contribution in [3.8, 4) is 22.6 Å². The van der Waals surface area contributed by atoms with Crippen molar-refractivity contribution in [1.29, 1.82) is 0 Å². The summed E-state index contributed by atoms with van der Waals surface area (Å²) in [5.74, 6) is 0.111. The van der Waals surface area contributed by atoms with Crippen molar-refractivity contribution in [1.82, 2.24) is 29.8 Å². The molecule has 1 amide bonds. The van der Waals surface area contributed by atoms with Crippen LogP contribution < -0.4 is 16.0 Å². The van der Waals surface area contributed by atoms with Crippen molar-refractivity contribution in [3.63, 3.8) is 0 Å². The summed E-state index contributed by atoms with van der Waals surface area (Å²) >= 11 is 0. The van der Waals surface area contributed by atoms with E-state index in [1.807, 2.05) is 19.1 Å². The minimum absolute atomic E-state index is 0.0000248. The Hall–Kier alpha value is -4.94. The third-order valence-corrected chi connectivity index (χ3v) is 7.17. The number of rotatable bonds is 8. The van der Waals surface area contributed by atoms with Crippen molar-refractivity contribution in [3.05, 3.63) is 70.5 Å². The summed E-state index contributed by atoms with van der Waals surface area (Å²) in [4.78, 5) is 44.2. The molecule has 4 aromatic rings. The van der Waals surface area contributed by atoms with Gasteiger partial charge in [0.1, 0.15) is 11.5 Å². The molecule has 1 unspecified atom stereocenters. The molecular weight excluding hydrogens is 542 g/mol. The normalized spacial score (nSPS) is 15.7. The van der Waals surface area contributed by atoms with E-state index in [0.717, 1.165) is 40.9 Å². The second-order valence-electron chi connectivity index (χ2n) is 10.1. The second kappa shape index (κ2) is 12.3. The van der Waals surface area contributed by atoms with Crippen LogP contribution in [0.1, 0.15) is 48.8 Å². The Balaban J connectivity index is 1.33. The standard InChI is InChI=1S/C29H33N7O6/c1-5-40-29(39)41-19(3)36-26(33-42-28(36)38)24-23(16-31-34(24)4)20-10-12-21(13-11-20)27(37)32-22-9-7-15-35(17-22)25-18(2)8-6-14-30-25/h6,8,10-14,16,19,22H,5,7,9,15,17H2,1-4H3,(H,32,37)/t19?,22-/m1/s1. The van der Waals surface area contributed by atoms with Crippen LogP contribution in [0, 0.1) is 6.92 Å². The van der Waals surface area contributed by atoms with Gasteiger partial charge in [-0.25, -0.2) is 19.1 Å². The van der Waals surface area contributed by atoms with Gasteiger partial charge in [0.05, 0.1) is 12.8 Å². The summed E-state index contributed by atoms with van der Waals surface area (Å²) in [7, 11) is 1.70. The smallest absolute Gasteiger partial charge is 0.435 e. The van der Waals surface area contributed by atoms with E-state index in [4.69, 9.17) is 14.0 Å². The summed E-state index contributed by atoms with van der Waals surface area (Å²) in [6.45, 7) is 6.91. The number of pyridine rings is 1. The number of aryl methyl sites for hydroxylation is 2. The van der Waals surface area contributed by atoms with Crippen LogP contribution in [0.4, 0.5) is 10.6 Å². The predicted octanol–water partition coefficient (Wildman–Crippen LogP) is 3.70. The van der Waals surface area contributed by atoms with Gasteiger partial charge >= 0.3 is 11.9 Å². The molecular formula is C29H33N7O6. The monoisotopic (exact) mass is 575 g/mol. The topological polar surface area (TPSA) is 147 Å². The van der Waals surface area contributed by atoms with Gasteiger partial charge in [-0.3, -0.25) is 14.0 Å². The average Bonchev–Trinajstić information content (AvgIpc) is 3.55. The highest BCUT2D eigenvalue weighted by atomic mass is 16.7. The first-order valence-electron chi connectivity index (χ1n) is 13.8. The number of benzene rings is 1. The maximum atomic E-state index is 13.1. The number of aromatic nitrogens is 5. The van der Waals surface area contributed by atoms with Crippen LogP contribution >= 0.6 is 0 Å². The minimum atomic E-state index is -1.05. The van der Waals surface area contributed by atoms with E-state index in [1.165, 1.54) is 6.92 Å². The summed E-state index contributed by atoms with van der Waals surface area (Å²) < 4.78 is 17.6. The number of piperidine rings is 1. The Bertz CT molecular complexity index is 1620. The molecule has 0 spiro atoms. The first-order chi connectivity index (χ1) is 20.3. The number of nitrogens with one attached hydrogen (secondary N) is 1. The van der Waals surface area contributed by atoms with Gasteiger partial charge in [0, 0.05) is 43.5 Å². The lowest BCUT2D eigenvalue weighted by atomic mass is 10.0. The van der Waals surface area contributed by atoms with Crippen LogP contribution in [0.5, 0.6) is 0 Å². The van der Waals surface area contributed by atoms with Crippen LogP contribution in [0.3, 0.4) is 0 Å². The lowest BCUT2D eigenvalue weighted by Gasteiger charge is -2.34. The van der Waals surface area contributed by atoms with E-state index in [9.17, 15) is 14.4 Å². The maximum absolute atomic E-state index is 13.1. The summed E-state index contributed by atoms with van der Waals surface area (Å²) in [6.07, 6.45) is 3.30. The fraction of sp³-hybridized carbons (Fsp3) is 0.379. The lowest BCUT2D eigenvalue weighted by Crippen LogP contribution is -2.48. The molecule has 42 heavy (non-hydrogen) atoms. The number of anilines is 1. The summed E-state index contributed by atoms with van der Waals surface area (Å²) in [5, 5.41) is 11.4. The minimum Gasteiger partial charge on any atom is -0.435 e. The van der Waals surface area contributed by atoms with Crippen molar-refractivity contribution < 1.29 is 23.6 Å². The molecule has 4 heterocycles. The predicted molar refractivity (Wildman–Crippen MR) is 153 cm³/mol.